The first-order valence-corrected chi connectivity index (χ1v) is 11.5. The van der Waals surface area contributed by atoms with Gasteiger partial charge in [0.15, 0.2) is 0 Å². The van der Waals surface area contributed by atoms with Crippen molar-refractivity contribution < 1.29 is 17.6 Å². The number of carbonyl (C=O) groups is 1. The van der Waals surface area contributed by atoms with Crippen molar-refractivity contribution >= 4 is 15.7 Å². The Balaban J connectivity index is 1.91. The lowest BCUT2D eigenvalue weighted by Crippen LogP contribution is -2.29. The van der Waals surface area contributed by atoms with E-state index in [1.807, 2.05) is 32.0 Å². The van der Waals surface area contributed by atoms with Crippen LogP contribution >= 0.6 is 0 Å². The van der Waals surface area contributed by atoms with Crippen LogP contribution in [-0.2, 0) is 40.0 Å². The average Bonchev–Trinajstić information content (AvgIpc) is 3.32. The molecule has 0 unspecified atom stereocenters. The molecule has 8 heteroatoms. The Morgan fingerprint density at radius 2 is 1.87 bits per heavy atom. The number of hydrogen-bond donors (Lipinski definition) is 0. The maximum absolute atomic E-state index is 13.1. The van der Waals surface area contributed by atoms with E-state index in [2.05, 4.69) is 4.98 Å². The summed E-state index contributed by atoms with van der Waals surface area (Å²) in [6.45, 7) is 6.56. The Hall–Kier alpha value is -2.87. The van der Waals surface area contributed by atoms with Crippen LogP contribution in [0.25, 0.3) is 0 Å². The van der Waals surface area contributed by atoms with Crippen LogP contribution in [0.5, 0.6) is 0 Å². The van der Waals surface area contributed by atoms with Crippen molar-refractivity contribution in [2.75, 3.05) is 0 Å². The first kappa shape index (κ1) is 21.8. The highest BCUT2D eigenvalue weighted by molar-refractivity contribution is 7.90. The van der Waals surface area contributed by atoms with E-state index in [9.17, 15) is 13.2 Å². The normalized spacial score (nSPS) is 11.7. The summed E-state index contributed by atoms with van der Waals surface area (Å²) in [6.07, 6.45) is 3.11. The molecule has 1 aromatic carbocycles. The zero-order valence-electron chi connectivity index (χ0n) is 17.5. The van der Waals surface area contributed by atoms with Crippen LogP contribution in [0.2, 0.25) is 0 Å². The molecule has 3 aromatic rings. The fraction of sp³-hybridized carbons (Fsp3) is 0.364. The highest BCUT2D eigenvalue weighted by atomic mass is 32.2. The molecule has 0 aliphatic carbocycles. The van der Waals surface area contributed by atoms with Gasteiger partial charge in [-0.2, -0.15) is 0 Å². The molecule has 30 heavy (non-hydrogen) atoms. The molecule has 0 fully saturated rings. The second-order valence-electron chi connectivity index (χ2n) is 7.74. The summed E-state index contributed by atoms with van der Waals surface area (Å²) < 4.78 is 33.3. The second kappa shape index (κ2) is 9.30. The molecule has 7 nitrogen and oxygen atoms in total. The number of carbonyl (C=O) groups excluding carboxylic acids is 1. The fourth-order valence-corrected chi connectivity index (χ4v) is 4.75. The minimum atomic E-state index is -3.64. The molecule has 0 N–H and O–H groups in total. The molecule has 3 rings (SSSR count). The third-order valence-electron chi connectivity index (χ3n) is 4.65. The van der Waals surface area contributed by atoms with Crippen LogP contribution in [0.1, 0.15) is 37.8 Å². The zero-order chi connectivity index (χ0) is 21.7. The van der Waals surface area contributed by atoms with Gasteiger partial charge in [-0.1, -0.05) is 44.2 Å². The van der Waals surface area contributed by atoms with E-state index in [4.69, 9.17) is 4.42 Å². The zero-order valence-corrected chi connectivity index (χ0v) is 18.3. The Bertz CT molecular complexity index is 1070. The quantitative estimate of drug-likeness (QED) is 0.518. The molecular formula is C22H27N3O4S. The average molecular weight is 430 g/mol. The molecule has 160 valence electrons. The molecule has 0 bridgehead atoms. The van der Waals surface area contributed by atoms with Crippen LogP contribution < -0.4 is 0 Å². The molecule has 0 radical (unpaired) electrons. The number of aromatic nitrogens is 2. The number of nitrogens with zero attached hydrogens (tertiary/aromatic N) is 3. The Labute approximate surface area is 177 Å². The van der Waals surface area contributed by atoms with Gasteiger partial charge in [0.05, 0.1) is 37.0 Å². The van der Waals surface area contributed by atoms with Gasteiger partial charge in [0, 0.05) is 13.5 Å². The van der Waals surface area contributed by atoms with Crippen molar-refractivity contribution in [2.45, 2.75) is 51.3 Å². The molecule has 0 aliphatic heterocycles. The summed E-state index contributed by atoms with van der Waals surface area (Å²) in [5.41, 5.74) is 1.39. The molecule has 0 atom stereocenters. The summed E-state index contributed by atoms with van der Waals surface area (Å²) in [7, 11) is -3.64. The Morgan fingerprint density at radius 3 is 2.47 bits per heavy atom. The van der Waals surface area contributed by atoms with Gasteiger partial charge < -0.3 is 13.9 Å². The van der Waals surface area contributed by atoms with E-state index in [-0.39, 0.29) is 29.3 Å². The van der Waals surface area contributed by atoms with Crippen molar-refractivity contribution in [1.82, 2.24) is 14.5 Å². The number of amides is 1. The van der Waals surface area contributed by atoms with Crippen LogP contribution in [0.15, 0.2) is 64.5 Å². The summed E-state index contributed by atoms with van der Waals surface area (Å²) in [5, 5.41) is 0.0385. The highest BCUT2D eigenvalue weighted by Crippen LogP contribution is 2.21. The van der Waals surface area contributed by atoms with Gasteiger partial charge in [0.25, 0.3) is 0 Å². The summed E-state index contributed by atoms with van der Waals surface area (Å²) in [6, 6.07) is 12.6. The number of sulfone groups is 1. The summed E-state index contributed by atoms with van der Waals surface area (Å²) in [5.74, 6) is 0.625. The molecule has 0 saturated heterocycles. The Morgan fingerprint density at radius 1 is 1.13 bits per heavy atom. The number of rotatable bonds is 9. The van der Waals surface area contributed by atoms with Crippen molar-refractivity contribution in [1.29, 1.82) is 0 Å². The molecule has 0 spiro atoms. The lowest BCUT2D eigenvalue weighted by molar-refractivity contribution is -0.130. The minimum absolute atomic E-state index is 0.0385. The molecule has 1 amide bonds. The van der Waals surface area contributed by atoms with Crippen molar-refractivity contribution in [2.24, 2.45) is 5.92 Å². The maximum atomic E-state index is 13.1. The number of furan rings is 1. The predicted molar refractivity (Wildman–Crippen MR) is 113 cm³/mol. The molecule has 2 aromatic heterocycles. The first-order chi connectivity index (χ1) is 14.3. The molecule has 0 aliphatic rings. The van der Waals surface area contributed by atoms with Gasteiger partial charge in [-0.3, -0.25) is 4.79 Å². The van der Waals surface area contributed by atoms with Crippen LogP contribution in [0, 0.1) is 5.92 Å². The second-order valence-corrected chi connectivity index (χ2v) is 9.62. The molecule has 0 saturated carbocycles. The van der Waals surface area contributed by atoms with Crippen molar-refractivity contribution in [3.05, 3.63) is 71.9 Å². The predicted octanol–water partition coefficient (Wildman–Crippen LogP) is 3.65. The molecular weight excluding hydrogens is 402 g/mol. The van der Waals surface area contributed by atoms with Crippen LogP contribution in [-0.4, -0.2) is 28.8 Å². The van der Waals surface area contributed by atoms with Gasteiger partial charge in [-0.25, -0.2) is 13.4 Å². The largest absolute Gasteiger partial charge is 0.467 e. The SMILES string of the molecule is CC(=O)N(Cc1ccco1)Cc1cnc(S(=O)(=O)Cc2ccccc2)n1CC(C)C. The van der Waals surface area contributed by atoms with E-state index < -0.39 is 9.84 Å². The number of hydrogen-bond acceptors (Lipinski definition) is 5. The van der Waals surface area contributed by atoms with E-state index in [0.29, 0.717) is 30.1 Å². The third kappa shape index (κ3) is 5.38. The summed E-state index contributed by atoms with van der Waals surface area (Å²) >= 11 is 0. The topological polar surface area (TPSA) is 85.4 Å². The van der Waals surface area contributed by atoms with Crippen LogP contribution in [0.4, 0.5) is 0 Å². The van der Waals surface area contributed by atoms with Crippen LogP contribution in [0.3, 0.4) is 0 Å². The maximum Gasteiger partial charge on any atom is 0.228 e. The van der Waals surface area contributed by atoms with Gasteiger partial charge in [-0.15, -0.1) is 0 Å². The van der Waals surface area contributed by atoms with Gasteiger partial charge >= 0.3 is 0 Å². The molecule has 2 heterocycles. The minimum Gasteiger partial charge on any atom is -0.467 e. The Kier molecular flexibility index (Phi) is 6.77. The third-order valence-corrected chi connectivity index (χ3v) is 6.25. The smallest absolute Gasteiger partial charge is 0.228 e. The number of benzene rings is 1. The summed E-state index contributed by atoms with van der Waals surface area (Å²) in [4.78, 5) is 18.1. The van der Waals surface area contributed by atoms with Gasteiger partial charge in [0.2, 0.25) is 20.9 Å². The number of imidazole rings is 1. The lowest BCUT2D eigenvalue weighted by Gasteiger charge is -2.22. The van der Waals surface area contributed by atoms with Gasteiger partial charge in [0.1, 0.15) is 5.76 Å². The lowest BCUT2D eigenvalue weighted by atomic mass is 10.2. The van der Waals surface area contributed by atoms with E-state index in [1.165, 1.54) is 6.92 Å². The van der Waals surface area contributed by atoms with E-state index in [1.54, 1.807) is 46.2 Å². The first-order valence-electron chi connectivity index (χ1n) is 9.85. The van der Waals surface area contributed by atoms with Gasteiger partial charge in [-0.05, 0) is 23.6 Å². The standard InChI is InChI=1S/C22H27N3O4S/c1-17(2)13-25-20(14-24(18(3)26)15-21-10-7-11-29-21)12-23-22(25)30(27,28)16-19-8-5-4-6-9-19/h4-12,17H,13-16H2,1-3H3. The fourth-order valence-electron chi connectivity index (χ4n) is 3.25. The van der Waals surface area contributed by atoms with Crippen molar-refractivity contribution in [3.8, 4) is 0 Å². The van der Waals surface area contributed by atoms with E-state index >= 15 is 0 Å². The van der Waals surface area contributed by atoms with E-state index in [0.717, 1.165) is 0 Å². The monoisotopic (exact) mass is 429 g/mol. The van der Waals surface area contributed by atoms with Crippen molar-refractivity contribution in [3.63, 3.8) is 0 Å². The highest BCUT2D eigenvalue weighted by Gasteiger charge is 2.25.